The molecule has 0 fully saturated rings. The van der Waals surface area contributed by atoms with Crippen LogP contribution in [0.4, 0.5) is 0 Å². The molecule has 7 heteroatoms. The highest BCUT2D eigenvalue weighted by Crippen LogP contribution is 2.43. The molecule has 0 aromatic carbocycles. The van der Waals surface area contributed by atoms with E-state index in [1.54, 1.807) is 6.92 Å². The molecule has 0 radical (unpaired) electrons. The van der Waals surface area contributed by atoms with E-state index in [1.807, 2.05) is 0 Å². The first kappa shape index (κ1) is 13.3. The Kier molecular flexibility index (Phi) is 5.64. The molecule has 0 saturated heterocycles. The molecule has 6 nitrogen and oxygen atoms in total. The van der Waals surface area contributed by atoms with Gasteiger partial charge in [0.2, 0.25) is 0 Å². The molecule has 0 saturated carbocycles. The van der Waals surface area contributed by atoms with Gasteiger partial charge in [-0.25, -0.2) is 9.36 Å². The van der Waals surface area contributed by atoms with Crippen molar-refractivity contribution in [3.63, 3.8) is 0 Å². The molecule has 0 rings (SSSR count). The van der Waals surface area contributed by atoms with Crippen molar-refractivity contribution in [3.8, 4) is 0 Å². The molecule has 0 bridgehead atoms. The number of hydrogen-bond donors (Lipinski definition) is 2. The molecule has 0 aromatic heterocycles. The maximum atomic E-state index is 11.0. The predicted molar refractivity (Wildman–Crippen MR) is 48.4 cm³/mol. The zero-order valence-corrected chi connectivity index (χ0v) is 8.86. The molecule has 1 atom stereocenters. The predicted octanol–water partition coefficient (Wildman–Crippen LogP) is 0.605. The number of rotatable bonds is 5. The topological polar surface area (TPSA) is 93.1 Å². The van der Waals surface area contributed by atoms with Crippen molar-refractivity contribution in [2.24, 2.45) is 0 Å². The summed E-state index contributed by atoms with van der Waals surface area (Å²) in [5.41, 5.74) is 0.201. The molecule has 0 aliphatic carbocycles. The summed E-state index contributed by atoms with van der Waals surface area (Å²) in [6, 6.07) is 0. The molecule has 82 valence electrons. The van der Waals surface area contributed by atoms with Gasteiger partial charge in [-0.15, -0.1) is 0 Å². The Morgan fingerprint density at radius 1 is 1.57 bits per heavy atom. The van der Waals surface area contributed by atoms with Crippen LogP contribution in [0.25, 0.3) is 0 Å². The summed E-state index contributed by atoms with van der Waals surface area (Å²) in [6.07, 6.45) is 1.44. The van der Waals surface area contributed by atoms with Gasteiger partial charge >= 0.3 is 13.8 Å². The lowest BCUT2D eigenvalue weighted by atomic mass is 10.3. The average Bonchev–Trinajstić information content (AvgIpc) is 2.12. The van der Waals surface area contributed by atoms with Crippen molar-refractivity contribution < 1.29 is 28.4 Å². The molecule has 0 heterocycles. The standard InChI is InChI=1S/C7H13O6P/c1-3-6(2)7(9)13-14(10,11)12-5-4-8/h3,8H,4-5H2,1-2H3,(H,10,11). The molecule has 0 aromatic rings. The van der Waals surface area contributed by atoms with Gasteiger partial charge < -0.3 is 9.63 Å². The van der Waals surface area contributed by atoms with Crippen LogP contribution in [-0.2, 0) is 18.4 Å². The van der Waals surface area contributed by atoms with E-state index < -0.39 is 20.4 Å². The van der Waals surface area contributed by atoms with Gasteiger partial charge in [-0.1, -0.05) is 6.08 Å². The Morgan fingerprint density at radius 2 is 2.14 bits per heavy atom. The number of phosphoric acid groups is 1. The van der Waals surface area contributed by atoms with Gasteiger partial charge in [0.25, 0.3) is 0 Å². The Hall–Kier alpha value is -0.680. The van der Waals surface area contributed by atoms with E-state index in [0.29, 0.717) is 0 Å². The average molecular weight is 224 g/mol. The van der Waals surface area contributed by atoms with Gasteiger partial charge in [0, 0.05) is 5.57 Å². The number of carbonyl (C=O) groups is 1. The highest BCUT2D eigenvalue weighted by molar-refractivity contribution is 7.48. The normalized spacial score (nSPS) is 16.1. The zero-order chi connectivity index (χ0) is 11.2. The maximum absolute atomic E-state index is 11.0. The third-order valence-electron chi connectivity index (χ3n) is 1.30. The lowest BCUT2D eigenvalue weighted by molar-refractivity contribution is -0.131. The SMILES string of the molecule is CC=C(C)C(=O)OP(=O)(O)OCCO. The quantitative estimate of drug-likeness (QED) is 0.524. The summed E-state index contributed by atoms with van der Waals surface area (Å²) >= 11 is 0. The van der Waals surface area contributed by atoms with Crippen LogP contribution in [0, 0.1) is 0 Å². The second-order valence-corrected chi connectivity index (χ2v) is 3.75. The first-order valence-electron chi connectivity index (χ1n) is 3.88. The molecule has 0 amide bonds. The monoisotopic (exact) mass is 224 g/mol. The number of allylic oxidation sites excluding steroid dienone is 1. The largest absolute Gasteiger partial charge is 0.529 e. The number of aliphatic hydroxyl groups is 1. The Bertz CT molecular complexity index is 271. The Labute approximate surface area is 81.8 Å². The molecule has 0 aliphatic rings. The van der Waals surface area contributed by atoms with Gasteiger partial charge in [-0.2, -0.15) is 0 Å². The van der Waals surface area contributed by atoms with Gasteiger partial charge in [0.1, 0.15) is 0 Å². The van der Waals surface area contributed by atoms with Gasteiger partial charge in [0.05, 0.1) is 13.2 Å². The highest BCUT2D eigenvalue weighted by Gasteiger charge is 2.26. The van der Waals surface area contributed by atoms with Crippen LogP contribution in [0.2, 0.25) is 0 Å². The van der Waals surface area contributed by atoms with Crippen LogP contribution in [0.3, 0.4) is 0 Å². The molecular weight excluding hydrogens is 211 g/mol. The number of carbonyl (C=O) groups excluding carboxylic acids is 1. The molecule has 2 N–H and O–H groups in total. The van der Waals surface area contributed by atoms with E-state index in [-0.39, 0.29) is 12.2 Å². The number of aliphatic hydroxyl groups excluding tert-OH is 1. The lowest BCUT2D eigenvalue weighted by Crippen LogP contribution is -2.07. The van der Waals surface area contributed by atoms with Crippen molar-refractivity contribution >= 4 is 13.8 Å². The minimum Gasteiger partial charge on any atom is -0.394 e. The van der Waals surface area contributed by atoms with Crippen LogP contribution < -0.4 is 0 Å². The van der Waals surface area contributed by atoms with E-state index in [9.17, 15) is 9.36 Å². The highest BCUT2D eigenvalue weighted by atomic mass is 31.2. The van der Waals surface area contributed by atoms with E-state index in [4.69, 9.17) is 10.00 Å². The summed E-state index contributed by atoms with van der Waals surface area (Å²) in [5, 5.41) is 8.31. The number of phosphoric ester groups is 1. The smallest absolute Gasteiger partial charge is 0.394 e. The van der Waals surface area contributed by atoms with Gasteiger partial charge in [-0.05, 0) is 13.8 Å². The second kappa shape index (κ2) is 5.93. The fourth-order valence-electron chi connectivity index (χ4n) is 0.477. The fraction of sp³-hybridized carbons (Fsp3) is 0.571. The summed E-state index contributed by atoms with van der Waals surface area (Å²) in [6.45, 7) is 2.24. The van der Waals surface area contributed by atoms with Crippen molar-refractivity contribution in [2.75, 3.05) is 13.2 Å². The Morgan fingerprint density at radius 3 is 2.57 bits per heavy atom. The number of hydrogen-bond acceptors (Lipinski definition) is 5. The summed E-state index contributed by atoms with van der Waals surface area (Å²) in [4.78, 5) is 19.9. The minimum atomic E-state index is -4.38. The van der Waals surface area contributed by atoms with Crippen LogP contribution in [0.1, 0.15) is 13.8 Å². The van der Waals surface area contributed by atoms with E-state index in [2.05, 4.69) is 9.05 Å². The van der Waals surface area contributed by atoms with E-state index in [1.165, 1.54) is 13.0 Å². The summed E-state index contributed by atoms with van der Waals surface area (Å²) in [5.74, 6) is -0.920. The van der Waals surface area contributed by atoms with Gasteiger partial charge in [-0.3, -0.25) is 9.42 Å². The van der Waals surface area contributed by atoms with E-state index in [0.717, 1.165) is 0 Å². The summed E-state index contributed by atoms with van der Waals surface area (Å²) in [7, 11) is -4.38. The molecular formula is C7H13O6P. The molecule has 14 heavy (non-hydrogen) atoms. The van der Waals surface area contributed by atoms with Crippen molar-refractivity contribution in [1.82, 2.24) is 0 Å². The van der Waals surface area contributed by atoms with Crippen LogP contribution >= 0.6 is 7.82 Å². The first-order valence-corrected chi connectivity index (χ1v) is 5.37. The third-order valence-corrected chi connectivity index (χ3v) is 2.20. The third kappa shape index (κ3) is 5.14. The molecule has 0 aliphatic heterocycles. The Balaban J connectivity index is 4.22. The lowest BCUT2D eigenvalue weighted by Gasteiger charge is -2.10. The van der Waals surface area contributed by atoms with Crippen LogP contribution in [0.15, 0.2) is 11.6 Å². The summed E-state index contributed by atoms with van der Waals surface area (Å²) < 4.78 is 19.4. The maximum Gasteiger partial charge on any atom is 0.529 e. The van der Waals surface area contributed by atoms with Crippen molar-refractivity contribution in [2.45, 2.75) is 13.8 Å². The fourth-order valence-corrected chi connectivity index (χ4v) is 1.20. The first-order chi connectivity index (χ1) is 6.43. The minimum absolute atomic E-state index is 0.201. The van der Waals surface area contributed by atoms with Crippen molar-refractivity contribution in [3.05, 3.63) is 11.6 Å². The van der Waals surface area contributed by atoms with Gasteiger partial charge in [0.15, 0.2) is 0 Å². The van der Waals surface area contributed by atoms with Crippen LogP contribution in [-0.4, -0.2) is 29.2 Å². The van der Waals surface area contributed by atoms with Crippen molar-refractivity contribution in [1.29, 1.82) is 0 Å². The zero-order valence-electron chi connectivity index (χ0n) is 7.97. The molecule has 0 spiro atoms. The van der Waals surface area contributed by atoms with Crippen LogP contribution in [0.5, 0.6) is 0 Å². The molecule has 1 unspecified atom stereocenters. The second-order valence-electron chi connectivity index (χ2n) is 2.38. The van der Waals surface area contributed by atoms with E-state index >= 15 is 0 Å².